The van der Waals surface area contributed by atoms with Gasteiger partial charge in [0, 0.05) is 18.3 Å². The van der Waals surface area contributed by atoms with E-state index in [1.54, 1.807) is 29.8 Å². The summed E-state index contributed by atoms with van der Waals surface area (Å²) in [6, 6.07) is 6.45. The Kier molecular flexibility index (Phi) is 2.83. The first-order chi connectivity index (χ1) is 9.60. The standard InChI is InChI=1S/C13H9N3O3S/c1-8-5-10(16(18)19)6-11-12(8)14-13(20-11)15-4-2-3-9(15)7-17/h2-7H,1H3. The summed E-state index contributed by atoms with van der Waals surface area (Å²) < 4.78 is 2.40. The summed E-state index contributed by atoms with van der Waals surface area (Å²) in [5.41, 5.74) is 2.02. The van der Waals surface area contributed by atoms with Gasteiger partial charge in [0.25, 0.3) is 5.69 Å². The van der Waals surface area contributed by atoms with Gasteiger partial charge < -0.3 is 0 Å². The van der Waals surface area contributed by atoms with Crippen LogP contribution in [-0.4, -0.2) is 20.8 Å². The molecule has 0 aliphatic rings. The maximum absolute atomic E-state index is 11.0. The van der Waals surface area contributed by atoms with E-state index in [-0.39, 0.29) is 5.69 Å². The molecule has 2 heterocycles. The highest BCUT2D eigenvalue weighted by Crippen LogP contribution is 2.31. The molecule has 3 rings (SSSR count). The van der Waals surface area contributed by atoms with E-state index in [4.69, 9.17) is 0 Å². The van der Waals surface area contributed by atoms with Crippen LogP contribution in [0.15, 0.2) is 30.5 Å². The van der Waals surface area contributed by atoms with Gasteiger partial charge in [0.15, 0.2) is 11.4 Å². The summed E-state index contributed by atoms with van der Waals surface area (Å²) in [4.78, 5) is 25.9. The lowest BCUT2D eigenvalue weighted by molar-refractivity contribution is -0.384. The molecule has 0 spiro atoms. The molecule has 7 heteroatoms. The molecular weight excluding hydrogens is 278 g/mol. The minimum Gasteiger partial charge on any atom is -0.296 e. The topological polar surface area (TPSA) is 78.0 Å². The van der Waals surface area contributed by atoms with Gasteiger partial charge in [-0.1, -0.05) is 11.3 Å². The molecule has 6 nitrogen and oxygen atoms in total. The quantitative estimate of drug-likeness (QED) is 0.421. The van der Waals surface area contributed by atoms with Gasteiger partial charge in [-0.05, 0) is 24.6 Å². The number of aryl methyl sites for hydroxylation is 1. The van der Waals surface area contributed by atoms with Gasteiger partial charge in [-0.2, -0.15) is 0 Å². The lowest BCUT2D eigenvalue weighted by Crippen LogP contribution is -1.96. The predicted molar refractivity (Wildman–Crippen MR) is 75.7 cm³/mol. The van der Waals surface area contributed by atoms with Crippen molar-refractivity contribution in [2.75, 3.05) is 0 Å². The number of aromatic nitrogens is 2. The maximum Gasteiger partial charge on any atom is 0.271 e. The number of hydrogen-bond donors (Lipinski definition) is 0. The summed E-state index contributed by atoms with van der Waals surface area (Å²) in [5.74, 6) is 0. The van der Waals surface area contributed by atoms with Gasteiger partial charge >= 0.3 is 0 Å². The molecule has 20 heavy (non-hydrogen) atoms. The van der Waals surface area contributed by atoms with Gasteiger partial charge in [0.1, 0.15) is 0 Å². The Balaban J connectivity index is 2.23. The van der Waals surface area contributed by atoms with Crippen LogP contribution in [0.3, 0.4) is 0 Å². The molecule has 0 saturated carbocycles. The van der Waals surface area contributed by atoms with Crippen LogP contribution in [0.25, 0.3) is 15.3 Å². The number of nitro groups is 1. The summed E-state index contributed by atoms with van der Waals surface area (Å²) in [5, 5.41) is 11.5. The van der Waals surface area contributed by atoms with Crippen molar-refractivity contribution in [3.05, 3.63) is 51.8 Å². The third kappa shape index (κ3) is 1.88. The molecule has 1 aromatic carbocycles. The number of nitrogens with zero attached hydrogens (tertiary/aromatic N) is 3. The number of carbonyl (C=O) groups is 1. The number of nitro benzene ring substituents is 1. The van der Waals surface area contributed by atoms with E-state index < -0.39 is 4.92 Å². The fraction of sp³-hybridized carbons (Fsp3) is 0.0769. The number of aldehydes is 1. The zero-order valence-corrected chi connectivity index (χ0v) is 11.3. The zero-order valence-electron chi connectivity index (χ0n) is 10.4. The number of hydrogen-bond acceptors (Lipinski definition) is 5. The van der Waals surface area contributed by atoms with E-state index in [0.29, 0.717) is 10.8 Å². The minimum absolute atomic E-state index is 0.0494. The molecule has 2 aromatic heterocycles. The predicted octanol–water partition coefficient (Wildman–Crippen LogP) is 3.12. The number of benzene rings is 1. The molecule has 100 valence electrons. The zero-order chi connectivity index (χ0) is 14.3. The van der Waals surface area contributed by atoms with Crippen LogP contribution in [0.4, 0.5) is 5.69 Å². The van der Waals surface area contributed by atoms with Crippen molar-refractivity contribution in [3.8, 4) is 5.13 Å². The molecule has 0 unspecified atom stereocenters. The van der Waals surface area contributed by atoms with Crippen LogP contribution in [0.5, 0.6) is 0 Å². The molecule has 0 atom stereocenters. The van der Waals surface area contributed by atoms with Crippen molar-refractivity contribution in [3.63, 3.8) is 0 Å². The first kappa shape index (κ1) is 12.5. The largest absolute Gasteiger partial charge is 0.296 e. The Bertz CT molecular complexity index is 835. The highest BCUT2D eigenvalue weighted by Gasteiger charge is 2.15. The second kappa shape index (κ2) is 4.53. The normalized spacial score (nSPS) is 10.8. The van der Waals surface area contributed by atoms with Crippen LogP contribution in [0.2, 0.25) is 0 Å². The van der Waals surface area contributed by atoms with Crippen molar-refractivity contribution in [2.45, 2.75) is 6.92 Å². The highest BCUT2D eigenvalue weighted by molar-refractivity contribution is 7.20. The molecular formula is C13H9N3O3S. The molecule has 0 saturated heterocycles. The second-order valence-electron chi connectivity index (χ2n) is 4.28. The van der Waals surface area contributed by atoms with Gasteiger partial charge in [0.05, 0.1) is 20.8 Å². The Hall–Kier alpha value is -2.54. The van der Waals surface area contributed by atoms with Gasteiger partial charge in [-0.3, -0.25) is 19.5 Å². The van der Waals surface area contributed by atoms with E-state index >= 15 is 0 Å². The van der Waals surface area contributed by atoms with Gasteiger partial charge in [-0.25, -0.2) is 4.98 Å². The third-order valence-electron chi connectivity index (χ3n) is 2.98. The molecule has 0 N–H and O–H groups in total. The van der Waals surface area contributed by atoms with Crippen molar-refractivity contribution in [1.29, 1.82) is 0 Å². The fourth-order valence-electron chi connectivity index (χ4n) is 2.04. The molecule has 3 aromatic rings. The van der Waals surface area contributed by atoms with Crippen molar-refractivity contribution in [1.82, 2.24) is 9.55 Å². The van der Waals surface area contributed by atoms with Crippen molar-refractivity contribution >= 4 is 33.5 Å². The smallest absolute Gasteiger partial charge is 0.271 e. The fourth-order valence-corrected chi connectivity index (χ4v) is 3.12. The Morgan fingerprint density at radius 1 is 1.45 bits per heavy atom. The molecule has 0 amide bonds. The van der Waals surface area contributed by atoms with Crippen LogP contribution in [0, 0.1) is 17.0 Å². The van der Waals surface area contributed by atoms with E-state index in [2.05, 4.69) is 4.98 Å². The molecule has 0 bridgehead atoms. The molecule has 0 aliphatic carbocycles. The molecule has 0 fully saturated rings. The Morgan fingerprint density at radius 3 is 2.95 bits per heavy atom. The second-order valence-corrected chi connectivity index (χ2v) is 5.29. The minimum atomic E-state index is -0.418. The summed E-state index contributed by atoms with van der Waals surface area (Å²) in [6.45, 7) is 1.79. The van der Waals surface area contributed by atoms with Gasteiger partial charge in [0.2, 0.25) is 0 Å². The van der Waals surface area contributed by atoms with Crippen LogP contribution in [-0.2, 0) is 0 Å². The molecule has 0 radical (unpaired) electrons. The maximum atomic E-state index is 11.0. The average Bonchev–Trinajstić information content (AvgIpc) is 3.03. The number of carbonyl (C=O) groups excluding carboxylic acids is 1. The van der Waals surface area contributed by atoms with Crippen LogP contribution >= 0.6 is 11.3 Å². The summed E-state index contributed by atoms with van der Waals surface area (Å²) >= 11 is 1.32. The van der Waals surface area contributed by atoms with E-state index in [0.717, 1.165) is 22.1 Å². The van der Waals surface area contributed by atoms with E-state index in [1.807, 2.05) is 0 Å². The summed E-state index contributed by atoms with van der Waals surface area (Å²) in [6.07, 6.45) is 2.49. The first-order valence-corrected chi connectivity index (χ1v) is 6.60. The SMILES string of the molecule is Cc1cc([N+](=O)[O-])cc2sc(-n3cccc3C=O)nc12. The average molecular weight is 287 g/mol. The third-order valence-corrected chi connectivity index (χ3v) is 3.98. The lowest BCUT2D eigenvalue weighted by Gasteiger charge is -1.97. The van der Waals surface area contributed by atoms with Crippen LogP contribution in [0.1, 0.15) is 16.1 Å². The number of thiazole rings is 1. The van der Waals surface area contributed by atoms with Crippen molar-refractivity contribution in [2.24, 2.45) is 0 Å². The lowest BCUT2D eigenvalue weighted by atomic mass is 10.2. The Labute approximate surface area is 117 Å². The number of non-ortho nitro benzene ring substituents is 1. The van der Waals surface area contributed by atoms with Crippen LogP contribution < -0.4 is 0 Å². The number of rotatable bonds is 3. The van der Waals surface area contributed by atoms with E-state index in [1.165, 1.54) is 23.5 Å². The highest BCUT2D eigenvalue weighted by atomic mass is 32.1. The number of fused-ring (bicyclic) bond motifs is 1. The van der Waals surface area contributed by atoms with Gasteiger partial charge in [-0.15, -0.1) is 0 Å². The first-order valence-electron chi connectivity index (χ1n) is 5.78. The molecule has 0 aliphatic heterocycles. The van der Waals surface area contributed by atoms with E-state index in [9.17, 15) is 14.9 Å². The Morgan fingerprint density at radius 2 is 2.25 bits per heavy atom. The monoisotopic (exact) mass is 287 g/mol. The summed E-state index contributed by atoms with van der Waals surface area (Å²) in [7, 11) is 0. The van der Waals surface area contributed by atoms with Crippen molar-refractivity contribution < 1.29 is 9.72 Å².